The number of aliphatic carboxylic acids is 1. The fourth-order valence-electron chi connectivity index (χ4n) is 0.806. The molecule has 0 aromatic carbocycles. The zero-order valence-electron chi connectivity index (χ0n) is 7.35. The first-order valence-electron chi connectivity index (χ1n) is 3.66. The molecular formula is C9H7NO3S. The van der Waals surface area contributed by atoms with Crippen molar-refractivity contribution in [2.24, 2.45) is 0 Å². The number of thiophene rings is 1. The summed E-state index contributed by atoms with van der Waals surface area (Å²) in [5, 5.41) is 17.8. The van der Waals surface area contributed by atoms with Gasteiger partial charge in [-0.2, -0.15) is 5.26 Å². The number of ether oxygens (including phenoxy) is 1. The van der Waals surface area contributed by atoms with Gasteiger partial charge in [0.15, 0.2) is 5.06 Å². The molecule has 1 heterocycles. The van der Waals surface area contributed by atoms with Gasteiger partial charge in [-0.3, -0.25) is 0 Å². The Hall–Kier alpha value is -1.80. The van der Waals surface area contributed by atoms with Gasteiger partial charge in [-0.25, -0.2) is 4.79 Å². The van der Waals surface area contributed by atoms with Crippen molar-refractivity contribution < 1.29 is 14.6 Å². The Balaban J connectivity index is 2.96. The van der Waals surface area contributed by atoms with Gasteiger partial charge in [-0.15, -0.1) is 0 Å². The molecule has 0 saturated heterocycles. The molecule has 72 valence electrons. The van der Waals surface area contributed by atoms with E-state index in [2.05, 4.69) is 0 Å². The number of hydrogen-bond donors (Lipinski definition) is 1. The first kappa shape index (κ1) is 10.3. The topological polar surface area (TPSA) is 70.3 Å². The maximum absolute atomic E-state index is 10.5. The molecule has 0 bridgehead atoms. The predicted octanol–water partition coefficient (Wildman–Crippen LogP) is 1.75. The van der Waals surface area contributed by atoms with Crippen LogP contribution < -0.4 is 4.74 Å². The predicted molar refractivity (Wildman–Crippen MR) is 52.1 cm³/mol. The van der Waals surface area contributed by atoms with Crippen molar-refractivity contribution in [2.75, 3.05) is 7.11 Å². The number of carbonyl (C=O) groups is 1. The van der Waals surface area contributed by atoms with E-state index in [1.165, 1.54) is 24.5 Å². The summed E-state index contributed by atoms with van der Waals surface area (Å²) in [5.41, 5.74) is -0.283. The second-order valence-corrected chi connectivity index (χ2v) is 3.41. The summed E-state index contributed by atoms with van der Waals surface area (Å²) in [6.45, 7) is 0. The van der Waals surface area contributed by atoms with Crippen molar-refractivity contribution in [3.05, 3.63) is 22.6 Å². The molecule has 0 aliphatic carbocycles. The SMILES string of the molecule is COc1ccc(/C=C(/C#N)C(=O)O)s1. The molecule has 0 atom stereocenters. The third-order valence-electron chi connectivity index (χ3n) is 1.44. The Bertz CT molecular complexity index is 414. The molecule has 14 heavy (non-hydrogen) atoms. The van der Waals surface area contributed by atoms with Crippen LogP contribution >= 0.6 is 11.3 Å². The standard InChI is InChI=1S/C9H7NO3S/c1-13-8-3-2-7(14-8)4-6(5-10)9(11)12/h2-4H,1H3,(H,11,12)/b6-4-. The minimum atomic E-state index is -1.22. The zero-order chi connectivity index (χ0) is 10.6. The molecule has 0 amide bonds. The molecular weight excluding hydrogens is 202 g/mol. The van der Waals surface area contributed by atoms with E-state index >= 15 is 0 Å². The van der Waals surface area contributed by atoms with Gasteiger partial charge in [0.25, 0.3) is 0 Å². The average Bonchev–Trinajstić information content (AvgIpc) is 2.61. The van der Waals surface area contributed by atoms with Crippen LogP contribution in [0.5, 0.6) is 5.06 Å². The van der Waals surface area contributed by atoms with Crippen molar-refractivity contribution in [3.8, 4) is 11.1 Å². The van der Waals surface area contributed by atoms with Crippen molar-refractivity contribution in [2.45, 2.75) is 0 Å². The van der Waals surface area contributed by atoms with Gasteiger partial charge >= 0.3 is 5.97 Å². The highest BCUT2D eigenvalue weighted by Crippen LogP contribution is 2.25. The van der Waals surface area contributed by atoms with Crippen LogP contribution in [0.4, 0.5) is 0 Å². The molecule has 1 aromatic heterocycles. The van der Waals surface area contributed by atoms with Gasteiger partial charge in [0.1, 0.15) is 11.6 Å². The summed E-state index contributed by atoms with van der Waals surface area (Å²) in [7, 11) is 1.53. The van der Waals surface area contributed by atoms with Crippen LogP contribution in [0.15, 0.2) is 17.7 Å². The van der Waals surface area contributed by atoms with E-state index in [-0.39, 0.29) is 5.57 Å². The van der Waals surface area contributed by atoms with Crippen molar-refractivity contribution in [1.29, 1.82) is 5.26 Å². The van der Waals surface area contributed by atoms with E-state index < -0.39 is 5.97 Å². The van der Waals surface area contributed by atoms with Gasteiger partial charge in [-0.1, -0.05) is 11.3 Å². The number of carboxylic acids is 1. The summed E-state index contributed by atoms with van der Waals surface area (Å²) < 4.78 is 4.93. The minimum Gasteiger partial charge on any atom is -0.487 e. The van der Waals surface area contributed by atoms with Crippen molar-refractivity contribution in [3.63, 3.8) is 0 Å². The molecule has 1 N–H and O–H groups in total. The first-order valence-corrected chi connectivity index (χ1v) is 4.48. The van der Waals surface area contributed by atoms with Crippen LogP contribution in [-0.4, -0.2) is 18.2 Å². The summed E-state index contributed by atoms with van der Waals surface area (Å²) in [4.78, 5) is 11.2. The van der Waals surface area contributed by atoms with E-state index in [1.54, 1.807) is 18.2 Å². The largest absolute Gasteiger partial charge is 0.487 e. The minimum absolute atomic E-state index is 0.283. The lowest BCUT2D eigenvalue weighted by atomic mass is 10.2. The Kier molecular flexibility index (Phi) is 3.26. The third-order valence-corrected chi connectivity index (χ3v) is 2.43. The monoisotopic (exact) mass is 209 g/mol. The Morgan fingerprint density at radius 2 is 2.43 bits per heavy atom. The fraction of sp³-hybridized carbons (Fsp3) is 0.111. The molecule has 0 radical (unpaired) electrons. The lowest BCUT2D eigenvalue weighted by molar-refractivity contribution is -0.132. The highest BCUT2D eigenvalue weighted by molar-refractivity contribution is 7.14. The van der Waals surface area contributed by atoms with E-state index in [9.17, 15) is 4.79 Å². The molecule has 5 heteroatoms. The second kappa shape index (κ2) is 4.44. The van der Waals surface area contributed by atoms with Crippen molar-refractivity contribution in [1.82, 2.24) is 0 Å². The lowest BCUT2D eigenvalue weighted by Gasteiger charge is -1.89. The van der Waals surface area contributed by atoms with E-state index in [1.807, 2.05) is 0 Å². The first-order chi connectivity index (χ1) is 6.67. The van der Waals surface area contributed by atoms with E-state index in [0.717, 1.165) is 0 Å². The molecule has 0 aliphatic rings. The van der Waals surface area contributed by atoms with Gasteiger partial charge in [0.05, 0.1) is 7.11 Å². The molecule has 0 saturated carbocycles. The highest BCUT2D eigenvalue weighted by atomic mass is 32.1. The third kappa shape index (κ3) is 2.34. The maximum Gasteiger partial charge on any atom is 0.346 e. The van der Waals surface area contributed by atoms with Crippen molar-refractivity contribution >= 4 is 23.4 Å². The molecule has 1 rings (SSSR count). The summed E-state index contributed by atoms with van der Waals surface area (Å²) in [6, 6.07) is 5.02. The van der Waals surface area contributed by atoms with Crippen LogP contribution in [0.2, 0.25) is 0 Å². The van der Waals surface area contributed by atoms with E-state index in [0.29, 0.717) is 9.94 Å². The number of rotatable bonds is 3. The molecule has 0 spiro atoms. The van der Waals surface area contributed by atoms with Crippen LogP contribution in [0.1, 0.15) is 4.88 Å². The van der Waals surface area contributed by atoms with Gasteiger partial charge < -0.3 is 9.84 Å². The van der Waals surface area contributed by atoms with E-state index in [4.69, 9.17) is 15.1 Å². The fourth-order valence-corrected chi connectivity index (χ4v) is 1.57. The summed E-state index contributed by atoms with van der Waals surface area (Å²) in [6.07, 6.45) is 1.32. The Morgan fingerprint density at radius 1 is 1.71 bits per heavy atom. The van der Waals surface area contributed by atoms with Crippen LogP contribution in [0.25, 0.3) is 6.08 Å². The lowest BCUT2D eigenvalue weighted by Crippen LogP contribution is -1.96. The number of nitrogens with zero attached hydrogens (tertiary/aromatic N) is 1. The molecule has 0 unspecified atom stereocenters. The van der Waals surface area contributed by atoms with Crippen LogP contribution in [0.3, 0.4) is 0 Å². The number of carboxylic acid groups (broad SMARTS) is 1. The second-order valence-electron chi connectivity index (χ2n) is 2.34. The smallest absolute Gasteiger partial charge is 0.346 e. The van der Waals surface area contributed by atoms with Crippen LogP contribution in [-0.2, 0) is 4.79 Å². The highest BCUT2D eigenvalue weighted by Gasteiger charge is 2.06. The quantitative estimate of drug-likeness (QED) is 0.608. The number of hydrogen-bond acceptors (Lipinski definition) is 4. The molecule has 1 aromatic rings. The molecule has 0 fully saturated rings. The Morgan fingerprint density at radius 3 is 2.86 bits per heavy atom. The summed E-state index contributed by atoms with van der Waals surface area (Å²) >= 11 is 1.28. The van der Waals surface area contributed by atoms with Crippen LogP contribution in [0, 0.1) is 11.3 Å². The van der Waals surface area contributed by atoms with Gasteiger partial charge in [0.2, 0.25) is 0 Å². The Labute approximate surface area is 84.7 Å². The summed E-state index contributed by atoms with van der Waals surface area (Å²) in [5.74, 6) is -1.22. The number of nitriles is 1. The zero-order valence-corrected chi connectivity index (χ0v) is 8.17. The normalized spacial score (nSPS) is 10.7. The maximum atomic E-state index is 10.5. The van der Waals surface area contributed by atoms with Gasteiger partial charge in [-0.05, 0) is 18.2 Å². The average molecular weight is 209 g/mol. The molecule has 4 nitrogen and oxygen atoms in total. The van der Waals surface area contributed by atoms with Gasteiger partial charge in [0, 0.05) is 4.88 Å². The molecule has 0 aliphatic heterocycles. The number of methoxy groups -OCH3 is 1.